The molecule has 0 bridgehead atoms. The Morgan fingerprint density at radius 1 is 1.06 bits per heavy atom. The van der Waals surface area contributed by atoms with Crippen LogP contribution >= 0.6 is 23.2 Å². The van der Waals surface area contributed by atoms with Gasteiger partial charge >= 0.3 is 0 Å². The van der Waals surface area contributed by atoms with Crippen molar-refractivity contribution in [2.24, 2.45) is 5.92 Å². The van der Waals surface area contributed by atoms with Crippen molar-refractivity contribution in [2.45, 2.75) is 20.3 Å². The zero-order valence-corrected chi connectivity index (χ0v) is 11.7. The first-order valence-corrected chi connectivity index (χ1v) is 6.53. The molecule has 1 aromatic rings. The summed E-state index contributed by atoms with van der Waals surface area (Å²) in [7, 11) is 0. The van der Waals surface area contributed by atoms with Gasteiger partial charge in [-0.2, -0.15) is 0 Å². The maximum absolute atomic E-state index is 12.2. The summed E-state index contributed by atoms with van der Waals surface area (Å²) in [4.78, 5) is 25.5. The highest BCUT2D eigenvalue weighted by atomic mass is 35.5. The van der Waals surface area contributed by atoms with E-state index in [1.165, 1.54) is 4.90 Å². The fourth-order valence-electron chi connectivity index (χ4n) is 1.92. The summed E-state index contributed by atoms with van der Waals surface area (Å²) in [6.45, 7) is 4.48. The van der Waals surface area contributed by atoms with E-state index in [9.17, 15) is 9.59 Å². The maximum Gasteiger partial charge on any atom is 0.263 e. The number of hydrogen-bond acceptors (Lipinski definition) is 2. The van der Waals surface area contributed by atoms with Crippen LogP contribution < -0.4 is 0 Å². The first-order valence-electron chi connectivity index (χ1n) is 5.77. The number of nitrogens with zero attached hydrogens (tertiary/aromatic N) is 1. The van der Waals surface area contributed by atoms with Gasteiger partial charge in [-0.05, 0) is 24.5 Å². The van der Waals surface area contributed by atoms with Crippen molar-refractivity contribution in [3.05, 3.63) is 33.3 Å². The first-order chi connectivity index (χ1) is 8.43. The quantitative estimate of drug-likeness (QED) is 0.795. The molecule has 3 nitrogen and oxygen atoms in total. The summed E-state index contributed by atoms with van der Waals surface area (Å²) in [5.41, 5.74) is 0.468. The minimum absolute atomic E-state index is 0.234. The monoisotopic (exact) mass is 285 g/mol. The summed E-state index contributed by atoms with van der Waals surface area (Å²) in [5.74, 6) is -0.272. The van der Waals surface area contributed by atoms with E-state index in [0.717, 1.165) is 6.42 Å². The van der Waals surface area contributed by atoms with E-state index < -0.39 is 0 Å². The van der Waals surface area contributed by atoms with Crippen LogP contribution in [0.1, 0.15) is 41.0 Å². The van der Waals surface area contributed by atoms with Gasteiger partial charge in [-0.3, -0.25) is 14.5 Å². The number of carbonyl (C=O) groups excluding carboxylic acids is 2. The number of imide groups is 1. The van der Waals surface area contributed by atoms with Crippen molar-refractivity contribution >= 4 is 35.0 Å². The van der Waals surface area contributed by atoms with Crippen LogP contribution in [0.2, 0.25) is 10.0 Å². The van der Waals surface area contributed by atoms with Crippen LogP contribution in [0.3, 0.4) is 0 Å². The summed E-state index contributed by atoms with van der Waals surface area (Å²) >= 11 is 11.9. The molecule has 0 N–H and O–H groups in total. The summed E-state index contributed by atoms with van der Waals surface area (Å²) in [6, 6.07) is 3.08. The second-order valence-corrected chi connectivity index (χ2v) is 5.54. The average Bonchev–Trinajstić information content (AvgIpc) is 2.55. The zero-order chi connectivity index (χ0) is 13.4. The largest absolute Gasteiger partial charge is 0.274 e. The Bertz CT molecular complexity index is 485. The second-order valence-electron chi connectivity index (χ2n) is 4.72. The lowest BCUT2D eigenvalue weighted by Gasteiger charge is -2.14. The smallest absolute Gasteiger partial charge is 0.263 e. The third-order valence-corrected chi connectivity index (χ3v) is 3.58. The van der Waals surface area contributed by atoms with Gasteiger partial charge in [0, 0.05) is 6.54 Å². The van der Waals surface area contributed by atoms with Crippen molar-refractivity contribution < 1.29 is 9.59 Å². The number of rotatable bonds is 3. The molecule has 0 radical (unpaired) electrons. The van der Waals surface area contributed by atoms with Gasteiger partial charge < -0.3 is 0 Å². The van der Waals surface area contributed by atoms with Crippen LogP contribution in [0.4, 0.5) is 0 Å². The Labute approximate surface area is 116 Å². The van der Waals surface area contributed by atoms with Gasteiger partial charge in [0.2, 0.25) is 0 Å². The van der Waals surface area contributed by atoms with Crippen LogP contribution in [-0.2, 0) is 0 Å². The molecule has 1 aromatic carbocycles. The van der Waals surface area contributed by atoms with Gasteiger partial charge in [-0.1, -0.05) is 37.0 Å². The summed E-state index contributed by atoms with van der Waals surface area (Å²) in [6.07, 6.45) is 0.765. The highest BCUT2D eigenvalue weighted by Gasteiger charge is 2.38. The molecule has 0 saturated heterocycles. The molecule has 1 aliphatic heterocycles. The molecule has 2 rings (SSSR count). The molecule has 5 heteroatoms. The van der Waals surface area contributed by atoms with Crippen LogP contribution in [0.25, 0.3) is 0 Å². The molecule has 0 unspecified atom stereocenters. The van der Waals surface area contributed by atoms with Gasteiger partial charge in [0.05, 0.1) is 21.2 Å². The highest BCUT2D eigenvalue weighted by Crippen LogP contribution is 2.34. The van der Waals surface area contributed by atoms with E-state index in [1.54, 1.807) is 12.1 Å². The first kappa shape index (κ1) is 13.4. The number of halogens is 2. The van der Waals surface area contributed by atoms with Crippen molar-refractivity contribution in [3.63, 3.8) is 0 Å². The minimum Gasteiger partial charge on any atom is -0.274 e. The van der Waals surface area contributed by atoms with Gasteiger partial charge in [-0.15, -0.1) is 0 Å². The van der Waals surface area contributed by atoms with E-state index in [2.05, 4.69) is 0 Å². The number of carbonyl (C=O) groups is 2. The van der Waals surface area contributed by atoms with E-state index in [4.69, 9.17) is 23.2 Å². The van der Waals surface area contributed by atoms with E-state index in [1.807, 2.05) is 13.8 Å². The molecule has 2 amide bonds. The third-order valence-electron chi connectivity index (χ3n) is 2.95. The van der Waals surface area contributed by atoms with Gasteiger partial charge in [0.25, 0.3) is 11.8 Å². The van der Waals surface area contributed by atoms with Crippen molar-refractivity contribution in [3.8, 4) is 0 Å². The van der Waals surface area contributed by atoms with Crippen molar-refractivity contribution in [1.29, 1.82) is 0 Å². The van der Waals surface area contributed by atoms with Gasteiger partial charge in [0.15, 0.2) is 0 Å². The topological polar surface area (TPSA) is 37.4 Å². The lowest BCUT2D eigenvalue weighted by Crippen LogP contribution is -2.31. The standard InChI is InChI=1S/C13H13Cl2NO2/c1-7(2)5-6-16-12(17)10-8(14)3-4-9(15)11(10)13(16)18/h3-4,7H,5-6H2,1-2H3. The van der Waals surface area contributed by atoms with Crippen molar-refractivity contribution in [2.75, 3.05) is 6.54 Å². The normalized spacial score (nSPS) is 14.6. The lowest BCUT2D eigenvalue weighted by molar-refractivity contribution is 0.0648. The predicted octanol–water partition coefficient (Wildman–Crippen LogP) is 3.64. The molecular formula is C13H13Cl2NO2. The number of amides is 2. The zero-order valence-electron chi connectivity index (χ0n) is 10.2. The number of benzene rings is 1. The summed E-state index contributed by atoms with van der Waals surface area (Å²) < 4.78 is 0. The molecule has 1 aliphatic rings. The lowest BCUT2D eigenvalue weighted by atomic mass is 10.1. The third kappa shape index (κ3) is 2.13. The van der Waals surface area contributed by atoms with Crippen LogP contribution in [-0.4, -0.2) is 23.3 Å². The highest BCUT2D eigenvalue weighted by molar-refractivity contribution is 6.41. The molecule has 0 fully saturated rings. The molecule has 1 heterocycles. The molecular weight excluding hydrogens is 273 g/mol. The SMILES string of the molecule is CC(C)CCN1C(=O)c2c(Cl)ccc(Cl)c2C1=O. The van der Waals surface area contributed by atoms with Crippen LogP contribution in [0, 0.1) is 5.92 Å². The molecule has 0 spiro atoms. The van der Waals surface area contributed by atoms with E-state index >= 15 is 0 Å². The van der Waals surface area contributed by atoms with Gasteiger partial charge in [-0.25, -0.2) is 0 Å². The fourth-order valence-corrected chi connectivity index (χ4v) is 2.40. The van der Waals surface area contributed by atoms with Crippen LogP contribution in [0.5, 0.6) is 0 Å². The molecule has 0 aliphatic carbocycles. The Balaban J connectivity index is 2.38. The maximum atomic E-state index is 12.2. The minimum atomic E-state index is -0.344. The average molecular weight is 286 g/mol. The Kier molecular flexibility index (Phi) is 3.64. The molecule has 18 heavy (non-hydrogen) atoms. The van der Waals surface area contributed by atoms with E-state index in [0.29, 0.717) is 12.5 Å². The molecule has 96 valence electrons. The fraction of sp³-hybridized carbons (Fsp3) is 0.385. The van der Waals surface area contributed by atoms with Crippen LogP contribution in [0.15, 0.2) is 12.1 Å². The predicted molar refractivity (Wildman–Crippen MR) is 71.3 cm³/mol. The molecule has 0 aromatic heterocycles. The van der Waals surface area contributed by atoms with Gasteiger partial charge in [0.1, 0.15) is 0 Å². The molecule has 0 atom stereocenters. The second kappa shape index (κ2) is 4.90. The molecule has 0 saturated carbocycles. The summed E-state index contributed by atoms with van der Waals surface area (Å²) in [5, 5.41) is 0.555. The Morgan fingerprint density at radius 2 is 1.50 bits per heavy atom. The number of fused-ring (bicyclic) bond motifs is 1. The van der Waals surface area contributed by atoms with Crippen molar-refractivity contribution in [1.82, 2.24) is 4.90 Å². The Hall–Kier alpha value is -1.06. The number of hydrogen-bond donors (Lipinski definition) is 0. The Morgan fingerprint density at radius 3 is 1.89 bits per heavy atom. The van der Waals surface area contributed by atoms with E-state index in [-0.39, 0.29) is 33.0 Å².